The summed E-state index contributed by atoms with van der Waals surface area (Å²) in [6.07, 6.45) is 4.97. The highest BCUT2D eigenvalue weighted by Crippen LogP contribution is 2.28. The highest BCUT2D eigenvalue weighted by atomic mass is 19.1. The predicted molar refractivity (Wildman–Crippen MR) is 60.3 cm³/mol. The average molecular weight is 207 g/mol. The Morgan fingerprint density at radius 3 is 2.67 bits per heavy atom. The van der Waals surface area contributed by atoms with E-state index in [1.165, 1.54) is 24.8 Å². The van der Waals surface area contributed by atoms with Gasteiger partial charge in [0.25, 0.3) is 0 Å². The van der Waals surface area contributed by atoms with Crippen molar-refractivity contribution in [3.63, 3.8) is 0 Å². The predicted octanol–water partition coefficient (Wildman–Crippen LogP) is 2.76. The van der Waals surface area contributed by atoms with E-state index in [9.17, 15) is 4.39 Å². The van der Waals surface area contributed by atoms with Crippen LogP contribution in [-0.2, 0) is 6.42 Å². The fourth-order valence-corrected chi connectivity index (χ4v) is 2.58. The molecule has 0 radical (unpaired) electrons. The lowest BCUT2D eigenvalue weighted by Gasteiger charge is -2.18. The van der Waals surface area contributed by atoms with Crippen molar-refractivity contribution in [1.29, 1.82) is 0 Å². The van der Waals surface area contributed by atoms with E-state index in [1.54, 1.807) is 12.1 Å². The summed E-state index contributed by atoms with van der Waals surface area (Å²) in [7, 11) is 2.04. The highest BCUT2D eigenvalue weighted by molar-refractivity contribution is 5.17. The zero-order chi connectivity index (χ0) is 10.7. The summed E-state index contributed by atoms with van der Waals surface area (Å²) in [5, 5.41) is 3.37. The van der Waals surface area contributed by atoms with E-state index < -0.39 is 0 Å². The molecular formula is C13H18FN. The molecule has 2 heteroatoms. The van der Waals surface area contributed by atoms with E-state index in [0.29, 0.717) is 6.04 Å². The van der Waals surface area contributed by atoms with Crippen LogP contribution in [-0.4, -0.2) is 13.1 Å². The first-order valence-electron chi connectivity index (χ1n) is 5.71. The summed E-state index contributed by atoms with van der Waals surface area (Å²) in [4.78, 5) is 0. The molecule has 2 unspecified atom stereocenters. The van der Waals surface area contributed by atoms with Gasteiger partial charge in [-0.1, -0.05) is 18.6 Å². The van der Waals surface area contributed by atoms with Crippen molar-refractivity contribution in [3.8, 4) is 0 Å². The molecule has 2 atom stereocenters. The molecule has 0 saturated heterocycles. The fourth-order valence-electron chi connectivity index (χ4n) is 2.58. The van der Waals surface area contributed by atoms with E-state index in [4.69, 9.17) is 0 Å². The largest absolute Gasteiger partial charge is 0.317 e. The van der Waals surface area contributed by atoms with Gasteiger partial charge in [0.05, 0.1) is 0 Å². The van der Waals surface area contributed by atoms with Crippen LogP contribution in [0.3, 0.4) is 0 Å². The summed E-state index contributed by atoms with van der Waals surface area (Å²) in [6.45, 7) is 0. The Kier molecular flexibility index (Phi) is 3.37. The van der Waals surface area contributed by atoms with Gasteiger partial charge >= 0.3 is 0 Å². The third-order valence-electron chi connectivity index (χ3n) is 3.44. The number of nitrogens with one attached hydrogen (secondary N) is 1. The van der Waals surface area contributed by atoms with Crippen LogP contribution >= 0.6 is 0 Å². The van der Waals surface area contributed by atoms with Gasteiger partial charge < -0.3 is 5.32 Å². The molecule has 1 nitrogen and oxygen atoms in total. The third kappa shape index (κ3) is 2.57. The van der Waals surface area contributed by atoms with Crippen molar-refractivity contribution >= 4 is 0 Å². The normalized spacial score (nSPS) is 25.7. The lowest BCUT2D eigenvalue weighted by molar-refractivity contribution is 0.423. The lowest BCUT2D eigenvalue weighted by Crippen LogP contribution is -2.30. The number of hydrogen-bond acceptors (Lipinski definition) is 1. The van der Waals surface area contributed by atoms with Crippen LogP contribution in [0.25, 0.3) is 0 Å². The molecule has 0 heterocycles. The van der Waals surface area contributed by atoms with Crippen molar-refractivity contribution in [3.05, 3.63) is 35.6 Å². The van der Waals surface area contributed by atoms with Crippen molar-refractivity contribution in [2.75, 3.05) is 7.05 Å². The molecule has 1 aliphatic carbocycles. The molecule has 0 bridgehead atoms. The molecule has 1 N–H and O–H groups in total. The van der Waals surface area contributed by atoms with Gasteiger partial charge in [0, 0.05) is 6.04 Å². The van der Waals surface area contributed by atoms with Gasteiger partial charge in [0.1, 0.15) is 5.82 Å². The van der Waals surface area contributed by atoms with Gasteiger partial charge in [-0.25, -0.2) is 4.39 Å². The molecule has 1 aliphatic rings. The Bertz CT molecular complexity index is 307. The summed E-state index contributed by atoms with van der Waals surface area (Å²) >= 11 is 0. The molecule has 15 heavy (non-hydrogen) atoms. The van der Waals surface area contributed by atoms with Crippen LogP contribution in [0, 0.1) is 11.7 Å². The Hall–Kier alpha value is -0.890. The second-order valence-electron chi connectivity index (χ2n) is 4.42. The maximum Gasteiger partial charge on any atom is 0.123 e. The van der Waals surface area contributed by atoms with Crippen LogP contribution in [0.15, 0.2) is 24.3 Å². The van der Waals surface area contributed by atoms with E-state index in [-0.39, 0.29) is 5.82 Å². The molecule has 1 aromatic carbocycles. The molecule has 0 amide bonds. The molecular weight excluding hydrogens is 189 g/mol. The number of hydrogen-bond donors (Lipinski definition) is 1. The van der Waals surface area contributed by atoms with Crippen molar-refractivity contribution in [2.24, 2.45) is 5.92 Å². The van der Waals surface area contributed by atoms with E-state index in [0.717, 1.165) is 12.3 Å². The van der Waals surface area contributed by atoms with E-state index in [2.05, 4.69) is 5.32 Å². The van der Waals surface area contributed by atoms with Gasteiger partial charge in [-0.15, -0.1) is 0 Å². The quantitative estimate of drug-likeness (QED) is 0.803. The van der Waals surface area contributed by atoms with Crippen molar-refractivity contribution in [2.45, 2.75) is 31.7 Å². The zero-order valence-electron chi connectivity index (χ0n) is 9.17. The summed E-state index contributed by atoms with van der Waals surface area (Å²) < 4.78 is 12.7. The zero-order valence-corrected chi connectivity index (χ0v) is 9.17. The maximum absolute atomic E-state index is 12.7. The summed E-state index contributed by atoms with van der Waals surface area (Å²) in [6, 6.07) is 7.56. The van der Waals surface area contributed by atoms with Crippen LogP contribution in [0.4, 0.5) is 4.39 Å². The SMILES string of the molecule is CNC1CCCC1Cc1ccc(F)cc1. The second kappa shape index (κ2) is 4.75. The van der Waals surface area contributed by atoms with Crippen LogP contribution in [0.5, 0.6) is 0 Å². The topological polar surface area (TPSA) is 12.0 Å². The Labute approximate surface area is 90.7 Å². The molecule has 0 aromatic heterocycles. The first-order chi connectivity index (χ1) is 7.29. The van der Waals surface area contributed by atoms with Crippen LogP contribution in [0.1, 0.15) is 24.8 Å². The average Bonchev–Trinajstić information content (AvgIpc) is 2.69. The lowest BCUT2D eigenvalue weighted by atomic mass is 9.95. The Morgan fingerprint density at radius 2 is 2.00 bits per heavy atom. The molecule has 1 saturated carbocycles. The molecule has 82 valence electrons. The molecule has 0 spiro atoms. The Morgan fingerprint density at radius 1 is 1.27 bits per heavy atom. The first-order valence-corrected chi connectivity index (χ1v) is 5.71. The fraction of sp³-hybridized carbons (Fsp3) is 0.538. The molecule has 1 aromatic rings. The third-order valence-corrected chi connectivity index (χ3v) is 3.44. The monoisotopic (exact) mass is 207 g/mol. The van der Waals surface area contributed by atoms with E-state index >= 15 is 0 Å². The smallest absolute Gasteiger partial charge is 0.123 e. The minimum absolute atomic E-state index is 0.143. The van der Waals surface area contributed by atoms with Gasteiger partial charge in [0.15, 0.2) is 0 Å². The summed E-state index contributed by atoms with van der Waals surface area (Å²) in [5.74, 6) is 0.579. The minimum Gasteiger partial charge on any atom is -0.317 e. The van der Waals surface area contributed by atoms with Gasteiger partial charge in [-0.05, 0) is 49.9 Å². The molecule has 1 fully saturated rings. The van der Waals surface area contributed by atoms with Gasteiger partial charge in [0.2, 0.25) is 0 Å². The Balaban J connectivity index is 1.99. The molecule has 2 rings (SSSR count). The first kappa shape index (κ1) is 10.6. The maximum atomic E-state index is 12.7. The number of halogens is 1. The van der Waals surface area contributed by atoms with Crippen LogP contribution in [0.2, 0.25) is 0 Å². The van der Waals surface area contributed by atoms with Crippen LogP contribution < -0.4 is 5.32 Å². The standard InChI is InChI=1S/C13H18FN/c1-15-13-4-2-3-11(13)9-10-5-7-12(14)8-6-10/h5-8,11,13,15H,2-4,9H2,1H3. The van der Waals surface area contributed by atoms with Crippen molar-refractivity contribution < 1.29 is 4.39 Å². The van der Waals surface area contributed by atoms with Crippen molar-refractivity contribution in [1.82, 2.24) is 5.32 Å². The summed E-state index contributed by atoms with van der Waals surface area (Å²) in [5.41, 5.74) is 1.25. The minimum atomic E-state index is -0.143. The number of benzene rings is 1. The van der Waals surface area contributed by atoms with Gasteiger partial charge in [-0.2, -0.15) is 0 Å². The van der Waals surface area contributed by atoms with E-state index in [1.807, 2.05) is 19.2 Å². The highest BCUT2D eigenvalue weighted by Gasteiger charge is 2.25. The van der Waals surface area contributed by atoms with Gasteiger partial charge in [-0.3, -0.25) is 0 Å². The number of rotatable bonds is 3. The molecule has 0 aliphatic heterocycles. The second-order valence-corrected chi connectivity index (χ2v) is 4.42.